The maximum atomic E-state index is 13.1. The number of pyridine rings is 1. The molecule has 9 N–H and O–H groups in total. The molecule has 3 fully saturated rings. The lowest BCUT2D eigenvalue weighted by molar-refractivity contribution is 0.170. The molecule has 3 aliphatic heterocycles. The molecule has 23 nitrogen and oxygen atoms in total. The van der Waals surface area contributed by atoms with E-state index in [2.05, 4.69) is 132 Å². The molecule has 0 spiro atoms. The van der Waals surface area contributed by atoms with Gasteiger partial charge in [0.15, 0.2) is 0 Å². The summed E-state index contributed by atoms with van der Waals surface area (Å²) in [7, 11) is 0. The van der Waals surface area contributed by atoms with Gasteiger partial charge >= 0.3 is 0 Å². The fourth-order valence-corrected chi connectivity index (χ4v) is 11.3. The number of benzene rings is 3. The number of phenols is 3. The average molecular weight is 1150 g/mol. The number of hydrogen-bond donors (Lipinski definition) is 9. The lowest BCUT2D eigenvalue weighted by atomic mass is 9.80. The van der Waals surface area contributed by atoms with Gasteiger partial charge in [-0.15, -0.1) is 30.6 Å². The summed E-state index contributed by atoms with van der Waals surface area (Å²) in [6.45, 7) is 18.5. The van der Waals surface area contributed by atoms with E-state index < -0.39 is 12.2 Å². The summed E-state index contributed by atoms with van der Waals surface area (Å²) < 4.78 is 13.1. The molecule has 85 heavy (non-hydrogen) atoms. The van der Waals surface area contributed by atoms with Crippen LogP contribution in [-0.2, 0) is 0 Å². The van der Waals surface area contributed by atoms with E-state index >= 15 is 0 Å². The molecular weight excluding hydrogens is 1080 g/mol. The first-order chi connectivity index (χ1) is 40.9. The van der Waals surface area contributed by atoms with Crippen LogP contribution in [0.5, 0.6) is 17.2 Å². The van der Waals surface area contributed by atoms with Gasteiger partial charge in [-0.1, -0.05) is 31.2 Å². The summed E-state index contributed by atoms with van der Waals surface area (Å²) in [6, 6.07) is 21.0. The van der Waals surface area contributed by atoms with Gasteiger partial charge in [-0.05, 0) is 133 Å². The maximum absolute atomic E-state index is 13.1. The number of likely N-dealkylation sites (N-methyl/N-ethyl adjacent to an activating group) is 1. The number of alkyl halides is 1. The number of anilines is 3. The maximum Gasteiger partial charge on any atom is 0.245 e. The van der Waals surface area contributed by atoms with Crippen molar-refractivity contribution in [2.45, 2.75) is 109 Å². The molecule has 6 aromatic heterocycles. The predicted octanol–water partition coefficient (Wildman–Crippen LogP) is 8.40. The quantitative estimate of drug-likeness (QED) is 0.0465. The third-order valence-corrected chi connectivity index (χ3v) is 15.0. The Labute approximate surface area is 492 Å². The second-order valence-corrected chi connectivity index (χ2v) is 23.6. The Hall–Kier alpha value is -9.13. The Morgan fingerprint density at radius 1 is 0.588 bits per heavy atom. The SMILES string of the molecule is CC(C)(CF)NC1CCN(c2ncc(-c3ccc(-c4cn[nH]c4)cc3O)nn2)C1.CC1(C)CC(Nc2ncc(-c3ccc(-c4cccnc4)cc3O)nn2)CC(C)(C)N1.CCNC1CCN(c2ncc(-c3ccc(-c4cn[nH]c4)cc3O)nn2)C1. The Morgan fingerprint density at radius 3 is 1.51 bits per heavy atom. The zero-order chi connectivity index (χ0) is 59.7. The minimum absolute atomic E-state index is 0.0363. The summed E-state index contributed by atoms with van der Waals surface area (Å²) in [6.07, 6.45) is 19.3. The number of phenolic OH excluding ortho intramolecular Hbond substituents is 3. The largest absolute Gasteiger partial charge is 0.507 e. The van der Waals surface area contributed by atoms with Crippen LogP contribution in [0.3, 0.4) is 0 Å². The van der Waals surface area contributed by atoms with Crippen molar-refractivity contribution in [3.05, 3.63) is 123 Å². The average Bonchev–Trinajstić information content (AvgIpc) is 4.52. The second kappa shape index (κ2) is 25.8. The summed E-state index contributed by atoms with van der Waals surface area (Å²) in [5, 5.41) is 84.1. The lowest BCUT2D eigenvalue weighted by Gasteiger charge is -2.46. The fourth-order valence-electron chi connectivity index (χ4n) is 11.3. The fraction of sp³-hybridized carbons (Fsp3) is 0.377. The molecule has 12 rings (SSSR count). The van der Waals surface area contributed by atoms with Crippen molar-refractivity contribution in [3.63, 3.8) is 0 Å². The third kappa shape index (κ3) is 15.0. The third-order valence-electron chi connectivity index (χ3n) is 15.0. The second-order valence-electron chi connectivity index (χ2n) is 23.6. The summed E-state index contributed by atoms with van der Waals surface area (Å²) in [5.74, 6) is 2.04. The highest BCUT2D eigenvalue weighted by atomic mass is 19.1. The number of aromatic hydroxyl groups is 3. The van der Waals surface area contributed by atoms with Crippen LogP contribution in [0.4, 0.5) is 22.2 Å². The molecule has 2 atom stereocenters. The molecule has 3 aromatic carbocycles. The van der Waals surface area contributed by atoms with Gasteiger partial charge in [-0.2, -0.15) is 10.2 Å². The van der Waals surface area contributed by atoms with E-state index in [4.69, 9.17) is 0 Å². The number of aromatic nitrogens is 14. The molecule has 2 unspecified atom stereocenters. The highest BCUT2D eigenvalue weighted by Gasteiger charge is 2.38. The van der Waals surface area contributed by atoms with E-state index in [1.807, 2.05) is 61.2 Å². The number of rotatable bonds is 15. The van der Waals surface area contributed by atoms with Crippen molar-refractivity contribution in [2.24, 2.45) is 0 Å². The molecule has 0 amide bonds. The van der Waals surface area contributed by atoms with Gasteiger partial charge in [0.2, 0.25) is 17.8 Å². The van der Waals surface area contributed by atoms with Gasteiger partial charge < -0.3 is 46.4 Å². The molecule has 9 aromatic rings. The lowest BCUT2D eigenvalue weighted by Crippen LogP contribution is -2.60. The molecule has 3 saturated heterocycles. The number of nitrogens with zero attached hydrogens (tertiary/aromatic N) is 14. The molecule has 0 saturated carbocycles. The highest BCUT2D eigenvalue weighted by molar-refractivity contribution is 5.76. The molecular formula is C61H73FN20O3. The monoisotopic (exact) mass is 1150 g/mol. The van der Waals surface area contributed by atoms with Crippen LogP contribution in [0.15, 0.2) is 123 Å². The van der Waals surface area contributed by atoms with Gasteiger partial charge in [0.05, 0.1) is 31.0 Å². The van der Waals surface area contributed by atoms with E-state index in [0.717, 1.165) is 85.2 Å². The summed E-state index contributed by atoms with van der Waals surface area (Å²) in [4.78, 5) is 21.6. The van der Waals surface area contributed by atoms with Gasteiger partial charge in [0.1, 0.15) is 41.0 Å². The van der Waals surface area contributed by atoms with E-state index in [1.165, 1.54) is 0 Å². The van der Waals surface area contributed by atoms with Crippen molar-refractivity contribution in [1.82, 2.24) is 86.9 Å². The Morgan fingerprint density at radius 2 is 1.08 bits per heavy atom. The van der Waals surface area contributed by atoms with Gasteiger partial charge in [-0.25, -0.2) is 19.3 Å². The Balaban J connectivity index is 0.000000142. The van der Waals surface area contributed by atoms with Crippen molar-refractivity contribution < 1.29 is 19.7 Å². The van der Waals surface area contributed by atoms with Crippen LogP contribution in [0.1, 0.15) is 74.1 Å². The summed E-state index contributed by atoms with van der Waals surface area (Å²) in [5.41, 5.74) is 8.24. The van der Waals surface area contributed by atoms with Crippen LogP contribution < -0.4 is 31.1 Å². The van der Waals surface area contributed by atoms with Gasteiger partial charge in [0.25, 0.3) is 0 Å². The number of aromatic amines is 2. The molecule has 0 bridgehead atoms. The van der Waals surface area contributed by atoms with Crippen molar-refractivity contribution in [1.29, 1.82) is 0 Å². The minimum atomic E-state index is -0.538. The Kier molecular flexibility index (Phi) is 17.9. The number of piperidine rings is 1. The topological polar surface area (TPSA) is 302 Å². The van der Waals surface area contributed by atoms with E-state index in [-0.39, 0.29) is 40.4 Å². The van der Waals surface area contributed by atoms with Crippen molar-refractivity contribution >= 4 is 17.8 Å². The standard InChI is InChI=1S/C23H28N6O.C20H24FN7O.C18H21N7O/c1-22(2)11-17(12-23(3,4)29-22)26-21-25-14-19(27-28-21)18-8-7-15(10-20(18)30)16-6-5-9-24-13-16;1-20(2,12-21)25-15-5-6-28(11-15)19-22-10-17(26-27-19)16-4-3-13(7-18(16)29)14-8-23-24-9-14;1-2-19-14-5-6-25(11-14)18-20-10-16(23-24-18)15-4-3-12(7-17(15)26)13-8-21-22-9-13/h5-10,13-14,17,29-30H,11-12H2,1-4H3,(H,25,26,28);3-4,7-10,15,25,29H,5-6,11-12H2,1-2H3,(H,23,24);3-4,7-10,14,19,26H,2,5-6,11H2,1H3,(H,21,22). The van der Waals surface area contributed by atoms with Crippen LogP contribution in [-0.4, -0.2) is 160 Å². The molecule has 0 radical (unpaired) electrons. The van der Waals surface area contributed by atoms with E-state index in [9.17, 15) is 19.7 Å². The molecule has 9 heterocycles. The van der Waals surface area contributed by atoms with E-state index in [1.54, 1.807) is 80.0 Å². The van der Waals surface area contributed by atoms with Crippen LogP contribution in [0.2, 0.25) is 0 Å². The van der Waals surface area contributed by atoms with Crippen LogP contribution >= 0.6 is 0 Å². The molecule has 3 aliphatic rings. The zero-order valence-electron chi connectivity index (χ0n) is 48.8. The molecule has 0 aliphatic carbocycles. The minimum Gasteiger partial charge on any atom is -0.507 e. The number of hydrogen-bond acceptors (Lipinski definition) is 21. The highest BCUT2D eigenvalue weighted by Crippen LogP contribution is 2.36. The normalized spacial score (nSPS) is 17.4. The summed E-state index contributed by atoms with van der Waals surface area (Å²) >= 11 is 0. The first-order valence-electron chi connectivity index (χ1n) is 28.5. The van der Waals surface area contributed by atoms with Crippen molar-refractivity contribution in [3.8, 4) is 84.4 Å². The Bertz CT molecular complexity index is 3580. The molecule has 24 heteroatoms. The first kappa shape index (κ1) is 59.0. The van der Waals surface area contributed by atoms with Crippen LogP contribution in [0.25, 0.3) is 67.2 Å². The van der Waals surface area contributed by atoms with Gasteiger partial charge in [-0.3, -0.25) is 15.2 Å². The number of nitrogens with one attached hydrogen (secondary N) is 6. The van der Waals surface area contributed by atoms with Crippen molar-refractivity contribution in [2.75, 3.05) is 54.5 Å². The van der Waals surface area contributed by atoms with Crippen LogP contribution in [0, 0.1) is 0 Å². The number of H-pyrrole nitrogens is 2. The smallest absolute Gasteiger partial charge is 0.245 e. The predicted molar refractivity (Wildman–Crippen MR) is 325 cm³/mol. The van der Waals surface area contributed by atoms with E-state index in [0.29, 0.717) is 64.2 Å². The number of halogens is 1. The zero-order valence-corrected chi connectivity index (χ0v) is 48.8. The molecule has 442 valence electrons. The first-order valence-corrected chi connectivity index (χ1v) is 28.5. The van der Waals surface area contributed by atoms with Gasteiger partial charge in [0, 0.05) is 119 Å².